The van der Waals surface area contributed by atoms with Crippen LogP contribution >= 0.6 is 0 Å². The first kappa shape index (κ1) is 18.6. The van der Waals surface area contributed by atoms with Crippen molar-refractivity contribution < 1.29 is 39.0 Å². The third-order valence-electron chi connectivity index (χ3n) is 4.04. The fourth-order valence-corrected chi connectivity index (χ4v) is 2.94. The molecule has 0 aromatic carbocycles. The predicted molar refractivity (Wildman–Crippen MR) is 98.9 cm³/mol. The minimum Gasteiger partial charge on any atom is -0.355 e. The largest absolute Gasteiger partial charge is 0.355 e. The molecule has 2 aliphatic heterocycles. The van der Waals surface area contributed by atoms with Gasteiger partial charge in [-0.05, 0) is 72.8 Å². The number of aromatic amines is 2. The monoisotopic (exact) mass is 438 g/mol. The molecule has 5 rings (SSSR count). The quantitative estimate of drug-likeness (QED) is 0.344. The summed E-state index contributed by atoms with van der Waals surface area (Å²) in [5.41, 5.74) is 7.86. The molecule has 0 aliphatic carbocycles. The molecule has 3 aromatic heterocycles. The predicted octanol–water partition coefficient (Wildman–Crippen LogP) is 4.65. The van der Waals surface area contributed by atoms with E-state index in [9.17, 15) is 0 Å². The molecule has 2 N–H and O–H groups in total. The Balaban J connectivity index is 0.000000980. The maximum Gasteiger partial charge on any atom is 0.0658 e. The maximum atomic E-state index is 4.63. The topological polar surface area (TPSA) is 57.4 Å². The molecule has 3 aromatic rings. The molecular formula is C20H14N4Zn2. The molecule has 6 heteroatoms. The number of hydrogen-bond acceptors (Lipinski definition) is 2. The second-order valence-electron chi connectivity index (χ2n) is 5.91. The molecule has 4 nitrogen and oxygen atoms in total. The van der Waals surface area contributed by atoms with Crippen LogP contribution in [0, 0.1) is 0 Å². The Labute approximate surface area is 176 Å². The average Bonchev–Trinajstić information content (AvgIpc) is 3.32. The summed E-state index contributed by atoms with van der Waals surface area (Å²) in [5.74, 6) is 0. The van der Waals surface area contributed by atoms with E-state index in [2.05, 4.69) is 44.2 Å². The van der Waals surface area contributed by atoms with Crippen molar-refractivity contribution in [3.8, 4) is 0 Å². The summed E-state index contributed by atoms with van der Waals surface area (Å²) in [5, 5.41) is 0. The zero-order valence-electron chi connectivity index (χ0n) is 14.2. The summed E-state index contributed by atoms with van der Waals surface area (Å²) in [6.45, 7) is 0. The van der Waals surface area contributed by atoms with Crippen LogP contribution in [0.3, 0.4) is 0 Å². The second-order valence-corrected chi connectivity index (χ2v) is 5.91. The summed E-state index contributed by atoms with van der Waals surface area (Å²) in [6.07, 6.45) is 8.09. The molecule has 0 amide bonds. The van der Waals surface area contributed by atoms with Crippen LogP contribution in [0.25, 0.3) is 46.4 Å². The van der Waals surface area contributed by atoms with Gasteiger partial charge in [-0.3, -0.25) is 0 Å². The van der Waals surface area contributed by atoms with Gasteiger partial charge in [-0.25, -0.2) is 9.97 Å². The molecule has 0 unspecified atom stereocenters. The summed E-state index contributed by atoms with van der Waals surface area (Å²) >= 11 is 0. The van der Waals surface area contributed by atoms with E-state index in [1.807, 2.05) is 48.6 Å². The Morgan fingerprint density at radius 1 is 0.462 bits per heavy atom. The van der Waals surface area contributed by atoms with Crippen LogP contribution in [0.1, 0.15) is 22.8 Å². The molecule has 5 heterocycles. The molecular weight excluding hydrogens is 427 g/mol. The number of rotatable bonds is 0. The molecule has 118 valence electrons. The zero-order chi connectivity index (χ0) is 15.9. The number of nitrogens with one attached hydrogen (secondary N) is 2. The van der Waals surface area contributed by atoms with Crippen LogP contribution in [0.15, 0.2) is 48.5 Å². The zero-order valence-corrected chi connectivity index (χ0v) is 20.2. The fraction of sp³-hybridized carbons (Fsp3) is 0. The molecule has 8 bridgehead atoms. The van der Waals surface area contributed by atoms with Gasteiger partial charge in [0.15, 0.2) is 0 Å². The van der Waals surface area contributed by atoms with Crippen molar-refractivity contribution >= 4 is 46.4 Å². The van der Waals surface area contributed by atoms with Gasteiger partial charge < -0.3 is 9.97 Å². The van der Waals surface area contributed by atoms with Crippen LogP contribution in [-0.2, 0) is 39.0 Å². The van der Waals surface area contributed by atoms with Crippen LogP contribution in [-0.4, -0.2) is 19.9 Å². The van der Waals surface area contributed by atoms with E-state index in [1.165, 1.54) is 0 Å². The van der Waals surface area contributed by atoms with Gasteiger partial charge in [0.2, 0.25) is 0 Å². The minimum atomic E-state index is 0. The van der Waals surface area contributed by atoms with Gasteiger partial charge in [-0.1, -0.05) is 0 Å². The van der Waals surface area contributed by atoms with E-state index in [-0.39, 0.29) is 39.0 Å². The van der Waals surface area contributed by atoms with Gasteiger partial charge in [0.1, 0.15) is 0 Å². The summed E-state index contributed by atoms with van der Waals surface area (Å²) < 4.78 is 0. The molecule has 0 saturated carbocycles. The second kappa shape index (κ2) is 7.61. The van der Waals surface area contributed by atoms with Crippen LogP contribution < -0.4 is 0 Å². The maximum absolute atomic E-state index is 4.63. The Morgan fingerprint density at radius 2 is 0.731 bits per heavy atom. The number of fused-ring (bicyclic) bond motifs is 8. The third kappa shape index (κ3) is 3.82. The van der Waals surface area contributed by atoms with Gasteiger partial charge in [-0.15, -0.1) is 0 Å². The molecule has 2 aliphatic rings. The standard InChI is InChI=1S/C20H14N4.2Zn/c1-2-14-10-16-5-6-18(23-16)12-20-8-7-19(24-20)11-17-4-3-15(22-17)9-13(1)21-14;;/h1-12,21,24H;;. The average molecular weight is 441 g/mol. The van der Waals surface area contributed by atoms with E-state index in [0.29, 0.717) is 0 Å². The van der Waals surface area contributed by atoms with E-state index < -0.39 is 0 Å². The normalized spacial score (nSPS) is 11.7. The Kier molecular flexibility index (Phi) is 5.46. The molecule has 26 heavy (non-hydrogen) atoms. The van der Waals surface area contributed by atoms with Gasteiger partial charge in [0.05, 0.1) is 22.8 Å². The van der Waals surface area contributed by atoms with Gasteiger partial charge in [0.25, 0.3) is 0 Å². The van der Waals surface area contributed by atoms with Crippen molar-refractivity contribution in [2.45, 2.75) is 0 Å². The molecule has 0 atom stereocenters. The van der Waals surface area contributed by atoms with E-state index in [1.54, 1.807) is 0 Å². The van der Waals surface area contributed by atoms with Gasteiger partial charge in [-0.2, -0.15) is 0 Å². The van der Waals surface area contributed by atoms with Crippen molar-refractivity contribution in [1.82, 2.24) is 19.9 Å². The van der Waals surface area contributed by atoms with E-state index in [0.717, 1.165) is 44.8 Å². The number of aromatic nitrogens is 4. The summed E-state index contributed by atoms with van der Waals surface area (Å²) in [7, 11) is 0. The first-order valence-electron chi connectivity index (χ1n) is 7.85. The van der Waals surface area contributed by atoms with Crippen LogP contribution in [0.5, 0.6) is 0 Å². The Morgan fingerprint density at radius 3 is 1.00 bits per heavy atom. The van der Waals surface area contributed by atoms with Crippen molar-refractivity contribution in [1.29, 1.82) is 0 Å². The first-order valence-corrected chi connectivity index (χ1v) is 7.85. The fourth-order valence-electron chi connectivity index (χ4n) is 2.94. The molecule has 0 saturated heterocycles. The SMILES string of the molecule is C1=Cc2cc3ccc(cc4nc(cc5ccc(cc1n2)[nH]5)C=C4)[nH]3.[Zn].[Zn]. The molecule has 0 spiro atoms. The van der Waals surface area contributed by atoms with Crippen molar-refractivity contribution in [3.63, 3.8) is 0 Å². The van der Waals surface area contributed by atoms with E-state index >= 15 is 0 Å². The minimum absolute atomic E-state index is 0. The first-order chi connectivity index (χ1) is 11.8. The van der Waals surface area contributed by atoms with Crippen molar-refractivity contribution in [2.24, 2.45) is 0 Å². The van der Waals surface area contributed by atoms with Crippen molar-refractivity contribution in [3.05, 3.63) is 71.3 Å². The molecule has 0 fully saturated rings. The Bertz CT molecular complexity index is 994. The number of nitrogens with zero attached hydrogens (tertiary/aromatic N) is 2. The van der Waals surface area contributed by atoms with Crippen LogP contribution in [0.4, 0.5) is 0 Å². The van der Waals surface area contributed by atoms with Gasteiger partial charge in [0, 0.05) is 61.0 Å². The summed E-state index contributed by atoms with van der Waals surface area (Å²) in [6, 6.07) is 16.4. The summed E-state index contributed by atoms with van der Waals surface area (Å²) in [4.78, 5) is 16.0. The molecule has 0 radical (unpaired) electrons. The number of hydrogen-bond donors (Lipinski definition) is 2. The van der Waals surface area contributed by atoms with Crippen molar-refractivity contribution in [2.75, 3.05) is 0 Å². The smallest absolute Gasteiger partial charge is 0.0658 e. The van der Waals surface area contributed by atoms with Gasteiger partial charge >= 0.3 is 0 Å². The number of H-pyrrole nitrogens is 2. The van der Waals surface area contributed by atoms with E-state index in [4.69, 9.17) is 0 Å². The third-order valence-corrected chi connectivity index (χ3v) is 4.04. The van der Waals surface area contributed by atoms with Crippen LogP contribution in [0.2, 0.25) is 0 Å². The Hall–Kier alpha value is -2.15.